The second-order valence-electron chi connectivity index (χ2n) is 6.11. The van der Waals surface area contributed by atoms with Crippen LogP contribution >= 0.6 is 11.8 Å². The molecule has 0 aliphatic carbocycles. The first-order valence-corrected chi connectivity index (χ1v) is 9.56. The number of H-pyrrole nitrogens is 1. The molecule has 0 fully saturated rings. The van der Waals surface area contributed by atoms with Gasteiger partial charge in [0.05, 0.1) is 11.3 Å². The molecule has 4 rings (SSSR count). The normalized spacial score (nSPS) is 11.2. The number of hydrogen-bond acceptors (Lipinski definition) is 4. The van der Waals surface area contributed by atoms with E-state index < -0.39 is 0 Å². The average Bonchev–Trinajstić information content (AvgIpc) is 3.05. The Labute approximate surface area is 159 Å². The Morgan fingerprint density at radius 1 is 1.22 bits per heavy atom. The van der Waals surface area contributed by atoms with Gasteiger partial charge in [-0.2, -0.15) is 0 Å². The predicted molar refractivity (Wildman–Crippen MR) is 107 cm³/mol. The Balaban J connectivity index is 1.53. The van der Waals surface area contributed by atoms with Crippen LogP contribution in [0.3, 0.4) is 0 Å². The molecule has 0 saturated heterocycles. The maximum Gasteiger partial charge on any atom is 0.234 e. The van der Waals surface area contributed by atoms with Crippen LogP contribution < -0.4 is 5.32 Å². The fourth-order valence-corrected chi connectivity index (χ4v) is 3.71. The number of benzene rings is 2. The highest BCUT2D eigenvalue weighted by molar-refractivity contribution is 8.00. The van der Waals surface area contributed by atoms with Crippen molar-refractivity contribution in [2.45, 2.75) is 18.4 Å². The Kier molecular flexibility index (Phi) is 4.77. The monoisotopic (exact) mass is 380 g/mol. The van der Waals surface area contributed by atoms with E-state index in [0.717, 1.165) is 17.6 Å². The van der Waals surface area contributed by atoms with Gasteiger partial charge in [-0.15, -0.1) is 0 Å². The first-order valence-electron chi connectivity index (χ1n) is 8.57. The Morgan fingerprint density at radius 2 is 2.11 bits per heavy atom. The molecule has 0 unspecified atom stereocenters. The van der Waals surface area contributed by atoms with Crippen LogP contribution in [-0.4, -0.2) is 26.6 Å². The quantitative estimate of drug-likeness (QED) is 0.394. The van der Waals surface area contributed by atoms with Crippen molar-refractivity contribution in [1.29, 1.82) is 0 Å². The van der Waals surface area contributed by atoms with Crippen LogP contribution in [0.1, 0.15) is 12.5 Å². The smallest absolute Gasteiger partial charge is 0.234 e. The number of carbonyl (C=O) groups is 1. The summed E-state index contributed by atoms with van der Waals surface area (Å²) in [6, 6.07) is 12.3. The molecule has 0 aliphatic rings. The van der Waals surface area contributed by atoms with Gasteiger partial charge in [0.1, 0.15) is 22.7 Å². The highest BCUT2D eigenvalue weighted by Gasteiger charge is 2.13. The molecular weight excluding hydrogens is 363 g/mol. The van der Waals surface area contributed by atoms with E-state index in [1.165, 1.54) is 35.8 Å². The summed E-state index contributed by atoms with van der Waals surface area (Å²) >= 11 is 1.32. The number of carbonyl (C=O) groups excluding carboxylic acids is 1. The van der Waals surface area contributed by atoms with Crippen molar-refractivity contribution in [3.63, 3.8) is 0 Å². The van der Waals surface area contributed by atoms with E-state index in [2.05, 4.69) is 27.2 Å². The van der Waals surface area contributed by atoms with E-state index >= 15 is 0 Å². The standard InChI is InChI=1S/C20H17FN4OS/c1-2-12-4-3-5-14(8-12)24-17(26)10-27-20-19-18(22-11-23-20)15-9-13(21)6-7-16(15)25-19/h3-9,11,25H,2,10H2,1H3,(H,24,26). The number of nitrogens with one attached hydrogen (secondary N) is 2. The zero-order valence-electron chi connectivity index (χ0n) is 14.6. The lowest BCUT2D eigenvalue weighted by molar-refractivity contribution is -0.113. The van der Waals surface area contributed by atoms with Crippen molar-refractivity contribution >= 4 is 45.3 Å². The summed E-state index contributed by atoms with van der Waals surface area (Å²) in [6.45, 7) is 2.07. The van der Waals surface area contributed by atoms with Gasteiger partial charge in [0.25, 0.3) is 0 Å². The lowest BCUT2D eigenvalue weighted by atomic mass is 10.1. The molecule has 2 N–H and O–H groups in total. The van der Waals surface area contributed by atoms with Crippen LogP contribution in [0.2, 0.25) is 0 Å². The van der Waals surface area contributed by atoms with E-state index in [4.69, 9.17) is 0 Å². The summed E-state index contributed by atoms with van der Waals surface area (Å²) in [7, 11) is 0. The SMILES string of the molecule is CCc1cccc(NC(=O)CSc2ncnc3c2[nH]c2ccc(F)cc23)c1. The molecule has 7 heteroatoms. The van der Waals surface area contributed by atoms with Gasteiger partial charge >= 0.3 is 0 Å². The Morgan fingerprint density at radius 3 is 2.96 bits per heavy atom. The molecule has 4 aromatic rings. The van der Waals surface area contributed by atoms with Gasteiger partial charge in [-0.25, -0.2) is 14.4 Å². The van der Waals surface area contributed by atoms with Gasteiger partial charge in [-0.05, 0) is 42.3 Å². The fourth-order valence-electron chi connectivity index (χ4n) is 2.95. The van der Waals surface area contributed by atoms with Crippen LogP contribution in [0.4, 0.5) is 10.1 Å². The molecule has 136 valence electrons. The van der Waals surface area contributed by atoms with E-state index in [9.17, 15) is 9.18 Å². The number of hydrogen-bond donors (Lipinski definition) is 2. The van der Waals surface area contributed by atoms with Crippen molar-refractivity contribution in [2.75, 3.05) is 11.1 Å². The summed E-state index contributed by atoms with van der Waals surface area (Å²) in [4.78, 5) is 24.1. The highest BCUT2D eigenvalue weighted by Crippen LogP contribution is 2.30. The molecule has 2 aromatic heterocycles. The maximum absolute atomic E-state index is 13.5. The number of aromatic amines is 1. The summed E-state index contributed by atoms with van der Waals surface area (Å²) in [5.74, 6) is -0.210. The molecule has 2 heterocycles. The summed E-state index contributed by atoms with van der Waals surface area (Å²) in [5.41, 5.74) is 4.11. The number of halogens is 1. The maximum atomic E-state index is 13.5. The molecule has 0 aliphatic heterocycles. The van der Waals surface area contributed by atoms with Gasteiger partial charge in [0.15, 0.2) is 0 Å². The third kappa shape index (κ3) is 3.64. The fraction of sp³-hybridized carbons (Fsp3) is 0.150. The number of amides is 1. The number of thioether (sulfide) groups is 1. The summed E-state index contributed by atoms with van der Waals surface area (Å²) < 4.78 is 13.5. The number of aryl methyl sites for hydroxylation is 1. The average molecular weight is 380 g/mol. The van der Waals surface area contributed by atoms with Crippen LogP contribution in [0, 0.1) is 5.82 Å². The second-order valence-corrected chi connectivity index (χ2v) is 7.07. The van der Waals surface area contributed by atoms with E-state index in [1.54, 1.807) is 6.07 Å². The number of anilines is 1. The zero-order chi connectivity index (χ0) is 18.8. The van der Waals surface area contributed by atoms with Crippen molar-refractivity contribution < 1.29 is 9.18 Å². The molecule has 2 aromatic carbocycles. The molecule has 0 saturated carbocycles. The predicted octanol–water partition coefficient (Wildman–Crippen LogP) is 4.54. The Bertz CT molecular complexity index is 1140. The highest BCUT2D eigenvalue weighted by atomic mass is 32.2. The van der Waals surface area contributed by atoms with E-state index in [1.807, 2.05) is 24.3 Å². The van der Waals surface area contributed by atoms with Crippen LogP contribution in [0.5, 0.6) is 0 Å². The van der Waals surface area contributed by atoms with E-state index in [0.29, 0.717) is 21.4 Å². The molecule has 27 heavy (non-hydrogen) atoms. The summed E-state index contributed by atoms with van der Waals surface area (Å²) in [5, 5.41) is 4.27. The van der Waals surface area contributed by atoms with Crippen LogP contribution in [0.25, 0.3) is 21.9 Å². The molecule has 0 radical (unpaired) electrons. The van der Waals surface area contributed by atoms with E-state index in [-0.39, 0.29) is 17.5 Å². The third-order valence-electron chi connectivity index (χ3n) is 4.27. The summed E-state index contributed by atoms with van der Waals surface area (Å²) in [6.07, 6.45) is 2.35. The zero-order valence-corrected chi connectivity index (χ0v) is 15.4. The van der Waals surface area contributed by atoms with Gasteiger partial charge in [-0.3, -0.25) is 4.79 Å². The van der Waals surface area contributed by atoms with Crippen LogP contribution in [-0.2, 0) is 11.2 Å². The topological polar surface area (TPSA) is 70.7 Å². The first kappa shape index (κ1) is 17.5. The number of rotatable bonds is 5. The molecule has 1 amide bonds. The minimum atomic E-state index is -0.315. The molecular formula is C20H17FN4OS. The number of aromatic nitrogens is 3. The lowest BCUT2D eigenvalue weighted by Crippen LogP contribution is -2.14. The molecule has 0 spiro atoms. The van der Waals surface area contributed by atoms with Gasteiger partial charge < -0.3 is 10.3 Å². The minimum absolute atomic E-state index is 0.109. The first-order chi connectivity index (χ1) is 13.1. The van der Waals surface area contributed by atoms with Crippen molar-refractivity contribution in [3.8, 4) is 0 Å². The lowest BCUT2D eigenvalue weighted by Gasteiger charge is -2.06. The van der Waals surface area contributed by atoms with Gasteiger partial charge in [-0.1, -0.05) is 30.8 Å². The molecule has 0 atom stereocenters. The van der Waals surface area contributed by atoms with Gasteiger partial charge in [0.2, 0.25) is 5.91 Å². The van der Waals surface area contributed by atoms with Crippen molar-refractivity contribution in [1.82, 2.24) is 15.0 Å². The van der Waals surface area contributed by atoms with Gasteiger partial charge in [0, 0.05) is 16.6 Å². The largest absolute Gasteiger partial charge is 0.351 e. The number of nitrogens with zero attached hydrogens (tertiary/aromatic N) is 2. The minimum Gasteiger partial charge on any atom is -0.351 e. The molecule has 0 bridgehead atoms. The van der Waals surface area contributed by atoms with Crippen LogP contribution in [0.15, 0.2) is 53.8 Å². The second kappa shape index (κ2) is 7.36. The van der Waals surface area contributed by atoms with Crippen molar-refractivity contribution in [3.05, 3.63) is 60.2 Å². The van der Waals surface area contributed by atoms with Crippen molar-refractivity contribution in [2.24, 2.45) is 0 Å². The number of fused-ring (bicyclic) bond motifs is 3. The Hall–Kier alpha value is -2.93. The third-order valence-corrected chi connectivity index (χ3v) is 5.26. The molecule has 5 nitrogen and oxygen atoms in total.